The van der Waals surface area contributed by atoms with E-state index in [9.17, 15) is 4.79 Å². The molecule has 0 fully saturated rings. The number of hydrogen-bond acceptors (Lipinski definition) is 6. The van der Waals surface area contributed by atoms with Crippen molar-refractivity contribution < 1.29 is 9.53 Å². The number of carbonyl (C=O) groups is 1. The largest absolute Gasteiger partial charge is 0.497 e. The minimum atomic E-state index is 0.0577. The van der Waals surface area contributed by atoms with Crippen molar-refractivity contribution in [2.24, 2.45) is 0 Å². The lowest BCUT2D eigenvalue weighted by molar-refractivity contribution is 0.102. The van der Waals surface area contributed by atoms with Crippen LogP contribution in [0.2, 0.25) is 0 Å². The Hall–Kier alpha value is -3.13. The van der Waals surface area contributed by atoms with Gasteiger partial charge < -0.3 is 9.30 Å². The number of rotatable bonds is 6. The van der Waals surface area contributed by atoms with E-state index in [1.54, 1.807) is 7.11 Å². The molecule has 0 bridgehead atoms. The first kappa shape index (κ1) is 20.2. The van der Waals surface area contributed by atoms with Crippen molar-refractivity contribution in [3.63, 3.8) is 0 Å². The number of thioether (sulfide) groups is 1. The highest BCUT2D eigenvalue weighted by Gasteiger charge is 2.19. The second-order valence-corrected chi connectivity index (χ2v) is 8.13. The summed E-state index contributed by atoms with van der Waals surface area (Å²) < 4.78 is 9.20. The van der Waals surface area contributed by atoms with Gasteiger partial charge in [0.15, 0.2) is 10.9 Å². The monoisotopic (exact) mass is 421 g/mol. The first-order valence-corrected chi connectivity index (χ1v) is 10.6. The molecule has 0 saturated heterocycles. The van der Waals surface area contributed by atoms with E-state index in [0.29, 0.717) is 10.9 Å². The number of nitrogens with zero attached hydrogens (tertiary/aromatic N) is 5. The van der Waals surface area contributed by atoms with E-state index in [4.69, 9.17) is 4.74 Å². The molecule has 3 aromatic heterocycles. The van der Waals surface area contributed by atoms with Crippen LogP contribution in [0.4, 0.5) is 0 Å². The predicted octanol–water partition coefficient (Wildman–Crippen LogP) is 4.13. The maximum Gasteiger partial charge on any atom is 0.256 e. The van der Waals surface area contributed by atoms with Crippen molar-refractivity contribution in [1.82, 2.24) is 24.1 Å². The Balaban J connectivity index is 1.57. The van der Waals surface area contributed by atoms with Gasteiger partial charge in [0.25, 0.3) is 5.78 Å². The molecular weight excluding hydrogens is 398 g/mol. The molecule has 0 spiro atoms. The third kappa shape index (κ3) is 3.59. The Bertz CT molecular complexity index is 1240. The van der Waals surface area contributed by atoms with Gasteiger partial charge in [0.2, 0.25) is 0 Å². The summed E-state index contributed by atoms with van der Waals surface area (Å²) in [4.78, 5) is 17.4. The fraction of sp³-hybridized carbons (Fsp3) is 0.273. The number of fused-ring (bicyclic) bond motifs is 1. The highest BCUT2D eigenvalue weighted by atomic mass is 32.2. The van der Waals surface area contributed by atoms with Crippen molar-refractivity contribution >= 4 is 23.3 Å². The van der Waals surface area contributed by atoms with Crippen LogP contribution in [0.15, 0.2) is 41.6 Å². The van der Waals surface area contributed by atoms with Crippen LogP contribution < -0.4 is 4.74 Å². The first-order valence-electron chi connectivity index (χ1n) is 9.57. The molecule has 0 unspecified atom stereocenters. The third-order valence-corrected chi connectivity index (χ3v) is 5.99. The van der Waals surface area contributed by atoms with Crippen LogP contribution in [0.25, 0.3) is 11.5 Å². The zero-order chi connectivity index (χ0) is 21.4. The number of hydrogen-bond donors (Lipinski definition) is 0. The van der Waals surface area contributed by atoms with Gasteiger partial charge in [-0.05, 0) is 64.1 Å². The highest BCUT2D eigenvalue weighted by Crippen LogP contribution is 2.25. The second-order valence-electron chi connectivity index (χ2n) is 7.19. The summed E-state index contributed by atoms with van der Waals surface area (Å²) in [7, 11) is 1.65. The van der Waals surface area contributed by atoms with E-state index >= 15 is 0 Å². The molecule has 4 rings (SSSR count). The van der Waals surface area contributed by atoms with E-state index < -0.39 is 0 Å². The molecular formula is C22H23N5O2S. The summed E-state index contributed by atoms with van der Waals surface area (Å²) in [6, 6.07) is 11.7. The zero-order valence-electron chi connectivity index (χ0n) is 17.6. The topological polar surface area (TPSA) is 74.3 Å². The highest BCUT2D eigenvalue weighted by molar-refractivity contribution is 7.99. The van der Waals surface area contributed by atoms with Gasteiger partial charge >= 0.3 is 0 Å². The minimum absolute atomic E-state index is 0.0577. The molecule has 0 radical (unpaired) electrons. The van der Waals surface area contributed by atoms with Crippen molar-refractivity contribution in [3.05, 3.63) is 64.7 Å². The molecule has 0 atom stereocenters. The van der Waals surface area contributed by atoms with Crippen LogP contribution in [0.3, 0.4) is 0 Å². The Morgan fingerprint density at radius 2 is 1.77 bits per heavy atom. The summed E-state index contributed by atoms with van der Waals surface area (Å²) in [5.41, 5.74) is 5.53. The van der Waals surface area contributed by atoms with Crippen molar-refractivity contribution in [1.29, 1.82) is 0 Å². The van der Waals surface area contributed by atoms with Gasteiger partial charge in [0, 0.05) is 34.0 Å². The third-order valence-electron chi connectivity index (χ3n) is 5.06. The Morgan fingerprint density at radius 3 is 2.47 bits per heavy atom. The summed E-state index contributed by atoms with van der Waals surface area (Å²) in [5.74, 6) is 1.69. The van der Waals surface area contributed by atoms with Gasteiger partial charge in [-0.1, -0.05) is 11.8 Å². The lowest BCUT2D eigenvalue weighted by Crippen LogP contribution is -2.06. The molecule has 0 aliphatic heterocycles. The fourth-order valence-corrected chi connectivity index (χ4v) is 4.54. The Kier molecular flexibility index (Phi) is 5.34. The lowest BCUT2D eigenvalue weighted by atomic mass is 10.2. The van der Waals surface area contributed by atoms with Gasteiger partial charge in [-0.3, -0.25) is 9.20 Å². The number of methoxy groups -OCH3 is 1. The molecule has 0 N–H and O–H groups in total. The molecule has 1 aromatic carbocycles. The van der Waals surface area contributed by atoms with Crippen LogP contribution >= 0.6 is 11.8 Å². The Labute approximate surface area is 179 Å². The number of ether oxygens (including phenoxy) is 1. The summed E-state index contributed by atoms with van der Waals surface area (Å²) >= 11 is 1.38. The van der Waals surface area contributed by atoms with E-state index in [1.165, 1.54) is 11.8 Å². The standard InChI is InChI=1S/C22H23N5O2S/c1-13-10-14(2)27-21(23-13)24-25-22(27)30-12-20(28)19-11-15(3)26(16(19)4)17-6-8-18(29-5)9-7-17/h6-11H,12H2,1-5H3. The smallest absolute Gasteiger partial charge is 0.256 e. The molecule has 154 valence electrons. The van der Waals surface area contributed by atoms with Gasteiger partial charge in [-0.25, -0.2) is 4.98 Å². The van der Waals surface area contributed by atoms with Crippen LogP contribution in [-0.2, 0) is 0 Å². The number of benzene rings is 1. The van der Waals surface area contributed by atoms with E-state index in [-0.39, 0.29) is 11.5 Å². The van der Waals surface area contributed by atoms with E-state index in [0.717, 1.165) is 39.8 Å². The number of carbonyl (C=O) groups excluding carboxylic acids is 1. The SMILES string of the molecule is COc1ccc(-n2c(C)cc(C(=O)CSc3nnc4nc(C)cc(C)n34)c2C)cc1. The fourth-order valence-electron chi connectivity index (χ4n) is 3.68. The molecule has 0 aliphatic rings. The van der Waals surface area contributed by atoms with Crippen molar-refractivity contribution in [2.75, 3.05) is 12.9 Å². The van der Waals surface area contributed by atoms with Crippen LogP contribution in [0.5, 0.6) is 5.75 Å². The van der Waals surface area contributed by atoms with E-state index in [2.05, 4.69) is 19.7 Å². The molecule has 4 aromatic rings. The quantitative estimate of drug-likeness (QED) is 0.344. The summed E-state index contributed by atoms with van der Waals surface area (Å²) in [6.45, 7) is 7.89. The minimum Gasteiger partial charge on any atom is -0.497 e. The normalized spacial score (nSPS) is 11.2. The van der Waals surface area contributed by atoms with Gasteiger partial charge in [0.05, 0.1) is 12.9 Å². The molecule has 0 amide bonds. The molecule has 30 heavy (non-hydrogen) atoms. The van der Waals surface area contributed by atoms with Crippen LogP contribution in [-0.4, -0.2) is 42.8 Å². The molecule has 7 nitrogen and oxygen atoms in total. The van der Waals surface area contributed by atoms with Crippen LogP contribution in [0, 0.1) is 27.7 Å². The van der Waals surface area contributed by atoms with Gasteiger partial charge in [-0.15, -0.1) is 10.2 Å². The average molecular weight is 422 g/mol. The van der Waals surface area contributed by atoms with Gasteiger partial charge in [-0.2, -0.15) is 0 Å². The van der Waals surface area contributed by atoms with Gasteiger partial charge in [0.1, 0.15) is 5.75 Å². The molecule has 0 aliphatic carbocycles. The number of aromatic nitrogens is 5. The predicted molar refractivity (Wildman–Crippen MR) is 117 cm³/mol. The molecule has 3 heterocycles. The van der Waals surface area contributed by atoms with Crippen molar-refractivity contribution in [2.45, 2.75) is 32.9 Å². The van der Waals surface area contributed by atoms with Crippen molar-refractivity contribution in [3.8, 4) is 11.4 Å². The maximum atomic E-state index is 13.0. The molecule has 0 saturated carbocycles. The number of aryl methyl sites for hydroxylation is 3. The molecule has 8 heteroatoms. The zero-order valence-corrected chi connectivity index (χ0v) is 18.4. The van der Waals surface area contributed by atoms with E-state index in [1.807, 2.05) is 68.5 Å². The first-order chi connectivity index (χ1) is 14.4. The Morgan fingerprint density at radius 1 is 1.03 bits per heavy atom. The number of ketones is 1. The lowest BCUT2D eigenvalue weighted by Gasteiger charge is -2.10. The maximum absolute atomic E-state index is 13.0. The average Bonchev–Trinajstić information content (AvgIpc) is 3.26. The second kappa shape index (κ2) is 7.95. The number of Topliss-reactive ketones (excluding diaryl/α,β-unsaturated/α-hetero) is 1. The van der Waals surface area contributed by atoms with Crippen LogP contribution in [0.1, 0.15) is 33.1 Å². The summed E-state index contributed by atoms with van der Waals surface area (Å²) in [6.07, 6.45) is 0. The summed E-state index contributed by atoms with van der Waals surface area (Å²) in [5, 5.41) is 9.03.